The van der Waals surface area contributed by atoms with Crippen LogP contribution < -0.4 is 26.3 Å². The van der Waals surface area contributed by atoms with Gasteiger partial charge in [0.1, 0.15) is 12.2 Å². The fourth-order valence-corrected chi connectivity index (χ4v) is 6.37. The Bertz CT molecular complexity index is 513. The normalized spacial score (nSPS) is 43.0. The predicted molar refractivity (Wildman–Crippen MR) is 110 cm³/mol. The molecule has 0 saturated carbocycles. The smallest absolute Gasteiger partial charge is 0.183 e. The molecule has 0 aromatic carbocycles. The van der Waals surface area contributed by atoms with Crippen LogP contribution in [-0.4, -0.2) is 88.5 Å². The highest BCUT2D eigenvalue weighted by Crippen LogP contribution is 2.22. The lowest BCUT2D eigenvalue weighted by molar-refractivity contribution is -0.919. The molecule has 0 radical (unpaired) electrons. The SMILES string of the molecule is C1C[C@@H](C2NC(C3CC[NH2+]C(N4CCOCC4)C3)NO2)[NH+](CC2CCNCC2)C1. The second-order valence-electron chi connectivity index (χ2n) is 9.88. The van der Waals surface area contributed by atoms with Gasteiger partial charge in [-0.1, -0.05) is 0 Å². The van der Waals surface area contributed by atoms with E-state index in [1.807, 2.05) is 0 Å². The standard InChI is InChI=1S/C21H40N6O2/c1-2-18(27(9-1)15-16-3-6-22-7-4-16)21-24-20(25-29-21)17-5-8-23-19(14-17)26-10-12-28-13-11-26/h16-25H,1-15H2/p+2/t17?,18-,19?,20?,21?/m0/s1. The zero-order chi connectivity index (χ0) is 19.5. The molecule has 5 fully saturated rings. The molecule has 8 heteroatoms. The Kier molecular flexibility index (Phi) is 7.00. The number of nitrogens with two attached hydrogens (primary N) is 1. The number of morpholine rings is 1. The minimum absolute atomic E-state index is 0.173. The van der Waals surface area contributed by atoms with Crippen LogP contribution in [0.2, 0.25) is 0 Å². The third kappa shape index (κ3) is 4.96. The van der Waals surface area contributed by atoms with Crippen LogP contribution in [0.3, 0.4) is 0 Å². The molecule has 166 valence electrons. The van der Waals surface area contributed by atoms with E-state index in [2.05, 4.69) is 26.3 Å². The first-order valence-corrected chi connectivity index (χ1v) is 12.2. The van der Waals surface area contributed by atoms with Gasteiger partial charge in [-0.2, -0.15) is 5.48 Å². The highest BCUT2D eigenvalue weighted by molar-refractivity contribution is 4.85. The van der Waals surface area contributed by atoms with Gasteiger partial charge in [0.15, 0.2) is 6.23 Å². The van der Waals surface area contributed by atoms with Gasteiger partial charge in [0.25, 0.3) is 0 Å². The van der Waals surface area contributed by atoms with Crippen LogP contribution in [0.5, 0.6) is 0 Å². The summed E-state index contributed by atoms with van der Waals surface area (Å²) in [7, 11) is 0. The van der Waals surface area contributed by atoms with Gasteiger partial charge in [-0.25, -0.2) is 4.90 Å². The van der Waals surface area contributed by atoms with Gasteiger partial charge in [0, 0.05) is 50.6 Å². The summed E-state index contributed by atoms with van der Waals surface area (Å²) in [4.78, 5) is 10.6. The van der Waals surface area contributed by atoms with E-state index in [4.69, 9.17) is 9.57 Å². The molecule has 5 saturated heterocycles. The number of rotatable bonds is 5. The van der Waals surface area contributed by atoms with E-state index in [-0.39, 0.29) is 6.23 Å². The molecule has 5 rings (SSSR count). The van der Waals surface area contributed by atoms with Gasteiger partial charge in [-0.15, -0.1) is 0 Å². The van der Waals surface area contributed by atoms with Gasteiger partial charge < -0.3 is 20.3 Å². The molecule has 5 aliphatic heterocycles. The number of hydrogen-bond donors (Lipinski definition) is 5. The summed E-state index contributed by atoms with van der Waals surface area (Å²) in [5, 5.41) is 9.91. The van der Waals surface area contributed by atoms with E-state index >= 15 is 0 Å². The molecular weight excluding hydrogens is 368 g/mol. The molecule has 6 N–H and O–H groups in total. The minimum atomic E-state index is 0.173. The second-order valence-corrected chi connectivity index (χ2v) is 9.88. The van der Waals surface area contributed by atoms with E-state index in [0.29, 0.717) is 24.3 Å². The monoisotopic (exact) mass is 410 g/mol. The molecular formula is C21H42N6O2+2. The number of nitrogens with one attached hydrogen (secondary N) is 4. The van der Waals surface area contributed by atoms with Gasteiger partial charge in [-0.3, -0.25) is 10.2 Å². The van der Waals surface area contributed by atoms with Crippen molar-refractivity contribution in [1.82, 2.24) is 21.0 Å². The third-order valence-corrected chi connectivity index (χ3v) is 8.08. The average Bonchev–Trinajstić information content (AvgIpc) is 3.45. The molecule has 0 spiro atoms. The van der Waals surface area contributed by atoms with Crippen LogP contribution in [0.4, 0.5) is 0 Å². The zero-order valence-electron chi connectivity index (χ0n) is 17.9. The Balaban J connectivity index is 1.13. The fraction of sp³-hybridized carbons (Fsp3) is 1.00. The van der Waals surface area contributed by atoms with Gasteiger partial charge in [0.05, 0.1) is 39.0 Å². The van der Waals surface area contributed by atoms with E-state index < -0.39 is 0 Å². The molecule has 0 aromatic heterocycles. The molecule has 0 amide bonds. The van der Waals surface area contributed by atoms with E-state index in [0.717, 1.165) is 32.2 Å². The lowest BCUT2D eigenvalue weighted by Gasteiger charge is -2.38. The summed E-state index contributed by atoms with van der Waals surface area (Å²) in [5.41, 5.74) is 3.41. The van der Waals surface area contributed by atoms with Crippen LogP contribution in [0, 0.1) is 11.8 Å². The highest BCUT2D eigenvalue weighted by Gasteiger charge is 2.44. The number of hydroxylamine groups is 1. The lowest BCUT2D eigenvalue weighted by atomic mass is 9.92. The van der Waals surface area contributed by atoms with Crippen molar-refractivity contribution in [1.29, 1.82) is 0 Å². The van der Waals surface area contributed by atoms with Crippen molar-refractivity contribution >= 4 is 0 Å². The van der Waals surface area contributed by atoms with Crippen LogP contribution in [-0.2, 0) is 9.57 Å². The summed E-state index contributed by atoms with van der Waals surface area (Å²) < 4.78 is 5.55. The Hall–Kier alpha value is -0.320. The van der Waals surface area contributed by atoms with Crippen molar-refractivity contribution < 1.29 is 19.8 Å². The first-order chi connectivity index (χ1) is 14.4. The molecule has 0 bridgehead atoms. The van der Waals surface area contributed by atoms with Crippen LogP contribution in [0.1, 0.15) is 38.5 Å². The first kappa shape index (κ1) is 20.6. The molecule has 29 heavy (non-hydrogen) atoms. The molecule has 6 atom stereocenters. The summed E-state index contributed by atoms with van der Waals surface area (Å²) in [6, 6.07) is 0.604. The van der Waals surface area contributed by atoms with Crippen molar-refractivity contribution in [3.8, 4) is 0 Å². The van der Waals surface area contributed by atoms with Gasteiger partial charge in [-0.05, 0) is 25.9 Å². The number of nitrogens with zero attached hydrogens (tertiary/aromatic N) is 1. The van der Waals surface area contributed by atoms with Crippen molar-refractivity contribution in [2.24, 2.45) is 11.8 Å². The number of piperidine rings is 2. The first-order valence-electron chi connectivity index (χ1n) is 12.2. The topological polar surface area (TPSA) is 78.8 Å². The fourth-order valence-electron chi connectivity index (χ4n) is 6.37. The van der Waals surface area contributed by atoms with Crippen LogP contribution in [0.25, 0.3) is 0 Å². The molecule has 0 aliphatic carbocycles. The van der Waals surface area contributed by atoms with Crippen molar-refractivity contribution in [2.75, 3.05) is 59.0 Å². The van der Waals surface area contributed by atoms with Crippen molar-refractivity contribution in [2.45, 2.75) is 63.1 Å². The summed E-state index contributed by atoms with van der Waals surface area (Å²) in [6.07, 6.45) is 8.90. The Morgan fingerprint density at radius 3 is 2.79 bits per heavy atom. The lowest BCUT2D eigenvalue weighted by Crippen LogP contribution is -3.16. The maximum atomic E-state index is 6.16. The quantitative estimate of drug-likeness (QED) is 0.343. The van der Waals surface area contributed by atoms with Gasteiger partial charge in [0.2, 0.25) is 0 Å². The third-order valence-electron chi connectivity index (χ3n) is 8.08. The van der Waals surface area contributed by atoms with Crippen molar-refractivity contribution in [3.05, 3.63) is 0 Å². The van der Waals surface area contributed by atoms with Crippen LogP contribution >= 0.6 is 0 Å². The molecule has 0 aromatic rings. The number of ether oxygens (including phenoxy) is 1. The Morgan fingerprint density at radius 1 is 1.07 bits per heavy atom. The predicted octanol–water partition coefficient (Wildman–Crippen LogP) is -2.56. The number of likely N-dealkylation sites (tertiary alicyclic amines) is 1. The largest absolute Gasteiger partial charge is 0.379 e. The Labute approximate surface area is 175 Å². The van der Waals surface area contributed by atoms with Crippen LogP contribution in [0.15, 0.2) is 0 Å². The number of quaternary nitrogens is 2. The average molecular weight is 411 g/mol. The van der Waals surface area contributed by atoms with Crippen molar-refractivity contribution in [3.63, 3.8) is 0 Å². The summed E-state index contributed by atoms with van der Waals surface area (Å²) in [6.45, 7) is 10.2. The Morgan fingerprint density at radius 2 is 1.93 bits per heavy atom. The van der Waals surface area contributed by atoms with E-state index in [1.54, 1.807) is 4.90 Å². The maximum Gasteiger partial charge on any atom is 0.183 e. The van der Waals surface area contributed by atoms with Gasteiger partial charge >= 0.3 is 0 Å². The number of hydrogen-bond acceptors (Lipinski definition) is 6. The summed E-state index contributed by atoms with van der Waals surface area (Å²) in [5.74, 6) is 1.53. The second kappa shape index (κ2) is 9.87. The molecule has 8 nitrogen and oxygen atoms in total. The minimum Gasteiger partial charge on any atom is -0.379 e. The van der Waals surface area contributed by atoms with E-state index in [1.165, 1.54) is 71.2 Å². The molecule has 5 unspecified atom stereocenters. The molecule has 5 aliphatic rings. The molecule has 5 heterocycles. The zero-order valence-corrected chi connectivity index (χ0v) is 17.9. The highest BCUT2D eigenvalue weighted by atomic mass is 16.7. The van der Waals surface area contributed by atoms with E-state index in [9.17, 15) is 0 Å². The summed E-state index contributed by atoms with van der Waals surface area (Å²) >= 11 is 0. The maximum absolute atomic E-state index is 6.16.